The lowest BCUT2D eigenvalue weighted by Gasteiger charge is -2.36. The van der Waals surface area contributed by atoms with Gasteiger partial charge in [-0.3, -0.25) is 0 Å². The molecule has 164 valence electrons. The topological polar surface area (TPSA) is 71.8 Å². The van der Waals surface area contributed by atoms with Gasteiger partial charge in [0.05, 0.1) is 28.9 Å². The van der Waals surface area contributed by atoms with Crippen molar-refractivity contribution in [2.24, 2.45) is 5.41 Å². The Morgan fingerprint density at radius 1 is 0.903 bits per heavy atom. The monoisotopic (exact) mass is 441 g/mol. The first-order valence-electron chi connectivity index (χ1n) is 10.3. The summed E-state index contributed by atoms with van der Waals surface area (Å²) in [7, 11) is -3.67. The van der Waals surface area contributed by atoms with Gasteiger partial charge in [-0.1, -0.05) is 24.3 Å². The lowest BCUT2D eigenvalue weighted by Crippen LogP contribution is -2.48. The maximum absolute atomic E-state index is 13.1. The fourth-order valence-electron chi connectivity index (χ4n) is 3.59. The van der Waals surface area contributed by atoms with Gasteiger partial charge in [0.2, 0.25) is 0 Å². The molecule has 0 radical (unpaired) electrons. The van der Waals surface area contributed by atoms with Gasteiger partial charge in [0.15, 0.2) is 0 Å². The van der Waals surface area contributed by atoms with Gasteiger partial charge in [0.1, 0.15) is 0 Å². The molecular weight excluding hydrogens is 414 g/mol. The number of nitrogens with zero attached hydrogens (tertiary/aromatic N) is 3. The first-order valence-corrected chi connectivity index (χ1v) is 11.7. The number of rotatable bonds is 4. The molecule has 1 aromatic heterocycles. The Labute approximate surface area is 182 Å². The van der Waals surface area contributed by atoms with Crippen molar-refractivity contribution in [2.75, 3.05) is 31.1 Å². The van der Waals surface area contributed by atoms with Crippen molar-refractivity contribution in [3.63, 3.8) is 0 Å². The zero-order valence-corrected chi connectivity index (χ0v) is 18.8. The number of hydrogen-bond donors (Lipinski definition) is 0. The molecule has 31 heavy (non-hydrogen) atoms. The number of anilines is 1. The average molecular weight is 442 g/mol. The summed E-state index contributed by atoms with van der Waals surface area (Å²) in [6.45, 7) is 8.02. The normalized spacial score (nSPS) is 15.9. The molecule has 3 aromatic rings. The minimum Gasteiger partial charge on any atom is -0.368 e. The van der Waals surface area contributed by atoms with E-state index in [9.17, 15) is 13.2 Å². The van der Waals surface area contributed by atoms with E-state index in [2.05, 4.69) is 4.90 Å². The van der Waals surface area contributed by atoms with Crippen LogP contribution in [-0.2, 0) is 19.7 Å². The average Bonchev–Trinajstić information content (AvgIpc) is 3.19. The first-order chi connectivity index (χ1) is 14.7. The molecular formula is C23H27N3O4S. The molecule has 0 spiro atoms. The molecule has 1 saturated heterocycles. The summed E-state index contributed by atoms with van der Waals surface area (Å²) in [5.41, 5.74) is 1.07. The fourth-order valence-corrected chi connectivity index (χ4v) is 4.96. The number of carbonyl (C=O) groups excluding carboxylic acids is 1. The number of carbonyl (C=O) groups is 1. The second kappa shape index (κ2) is 8.01. The van der Waals surface area contributed by atoms with Crippen molar-refractivity contribution >= 4 is 32.6 Å². The molecule has 7 nitrogen and oxygen atoms in total. The number of benzene rings is 2. The van der Waals surface area contributed by atoms with Crippen molar-refractivity contribution in [1.29, 1.82) is 0 Å². The highest BCUT2D eigenvalue weighted by Gasteiger charge is 2.28. The second-order valence-corrected chi connectivity index (χ2v) is 10.5. The Hall–Kier alpha value is -2.84. The van der Waals surface area contributed by atoms with E-state index in [-0.39, 0.29) is 10.9 Å². The van der Waals surface area contributed by atoms with Crippen LogP contribution in [0.15, 0.2) is 65.7 Å². The Kier molecular flexibility index (Phi) is 5.53. The van der Waals surface area contributed by atoms with Crippen molar-refractivity contribution in [1.82, 2.24) is 9.04 Å². The minimum atomic E-state index is -3.67. The van der Waals surface area contributed by atoms with E-state index in [1.807, 2.05) is 45.0 Å². The van der Waals surface area contributed by atoms with E-state index in [1.165, 1.54) is 3.97 Å². The molecule has 8 heteroatoms. The summed E-state index contributed by atoms with van der Waals surface area (Å²) in [6.07, 6.45) is 1.61. The molecule has 1 aliphatic rings. The number of piperazine rings is 1. The summed E-state index contributed by atoms with van der Waals surface area (Å²) >= 11 is 0. The van der Waals surface area contributed by atoms with Crippen molar-refractivity contribution < 1.29 is 18.0 Å². The highest BCUT2D eigenvalue weighted by Crippen LogP contribution is 2.31. The van der Waals surface area contributed by atoms with Crippen LogP contribution in [-0.4, -0.2) is 49.6 Å². The standard InChI is InChI=1S/C23H27N3O4S/c1-23(2,3)22(27)30-25-16-14-24(15-17-25)20-10-7-11-21-19(20)12-13-26(21)31(28,29)18-8-5-4-6-9-18/h4-13H,14-17H2,1-3H3. The zero-order chi connectivity index (χ0) is 22.2. The summed E-state index contributed by atoms with van der Waals surface area (Å²) in [4.78, 5) is 20.1. The zero-order valence-electron chi connectivity index (χ0n) is 18.0. The Morgan fingerprint density at radius 2 is 1.58 bits per heavy atom. The number of aromatic nitrogens is 1. The predicted octanol–water partition coefficient (Wildman–Crippen LogP) is 3.50. The molecule has 0 amide bonds. The van der Waals surface area contributed by atoms with Crippen LogP contribution in [0.1, 0.15) is 20.8 Å². The highest BCUT2D eigenvalue weighted by atomic mass is 32.2. The Bertz CT molecular complexity index is 1190. The van der Waals surface area contributed by atoms with Gasteiger partial charge in [-0.2, -0.15) is 0 Å². The fraction of sp³-hybridized carbons (Fsp3) is 0.348. The van der Waals surface area contributed by atoms with Crippen LogP contribution < -0.4 is 4.90 Å². The van der Waals surface area contributed by atoms with Crippen molar-refractivity contribution in [3.05, 3.63) is 60.8 Å². The van der Waals surface area contributed by atoms with Crippen LogP contribution in [0, 0.1) is 5.41 Å². The lowest BCUT2D eigenvalue weighted by atomic mass is 9.98. The van der Waals surface area contributed by atoms with E-state index in [1.54, 1.807) is 41.6 Å². The SMILES string of the molecule is CC(C)(C)C(=O)ON1CCN(c2cccc3c2ccn3S(=O)(=O)c2ccccc2)CC1. The van der Waals surface area contributed by atoms with Crippen LogP contribution in [0.5, 0.6) is 0 Å². The van der Waals surface area contributed by atoms with Crippen LogP contribution in [0.2, 0.25) is 0 Å². The van der Waals surface area contributed by atoms with Crippen molar-refractivity contribution in [2.45, 2.75) is 25.7 Å². The number of hydroxylamine groups is 2. The highest BCUT2D eigenvalue weighted by molar-refractivity contribution is 7.90. The summed E-state index contributed by atoms with van der Waals surface area (Å²) in [5.74, 6) is -0.244. The van der Waals surface area contributed by atoms with Gasteiger partial charge in [0.25, 0.3) is 10.0 Å². The van der Waals surface area contributed by atoms with Gasteiger partial charge in [-0.15, -0.1) is 5.06 Å². The third-order valence-electron chi connectivity index (χ3n) is 5.38. The number of hydrogen-bond acceptors (Lipinski definition) is 6. The van der Waals surface area contributed by atoms with Gasteiger partial charge < -0.3 is 9.74 Å². The molecule has 0 saturated carbocycles. The Balaban J connectivity index is 1.57. The minimum absolute atomic E-state index is 0.244. The van der Waals surface area contributed by atoms with Crippen LogP contribution in [0.25, 0.3) is 10.9 Å². The predicted molar refractivity (Wildman–Crippen MR) is 120 cm³/mol. The third-order valence-corrected chi connectivity index (χ3v) is 7.08. The summed E-state index contributed by atoms with van der Waals surface area (Å²) < 4.78 is 27.6. The molecule has 2 aromatic carbocycles. The van der Waals surface area contributed by atoms with Gasteiger partial charge in [-0.05, 0) is 51.1 Å². The Morgan fingerprint density at radius 3 is 2.23 bits per heavy atom. The molecule has 1 aliphatic heterocycles. The molecule has 0 unspecified atom stereocenters. The maximum Gasteiger partial charge on any atom is 0.330 e. The number of fused-ring (bicyclic) bond motifs is 1. The second-order valence-electron chi connectivity index (χ2n) is 8.68. The summed E-state index contributed by atoms with van der Waals surface area (Å²) in [5, 5.41) is 2.58. The molecule has 2 heterocycles. The van der Waals surface area contributed by atoms with E-state index >= 15 is 0 Å². The van der Waals surface area contributed by atoms with Crippen LogP contribution >= 0.6 is 0 Å². The van der Waals surface area contributed by atoms with Gasteiger partial charge >= 0.3 is 5.97 Å². The van der Waals surface area contributed by atoms with Crippen LogP contribution in [0.3, 0.4) is 0 Å². The smallest absolute Gasteiger partial charge is 0.330 e. The van der Waals surface area contributed by atoms with Crippen molar-refractivity contribution in [3.8, 4) is 0 Å². The molecule has 0 atom stereocenters. The van der Waals surface area contributed by atoms with Gasteiger partial charge in [0, 0.05) is 30.4 Å². The van der Waals surface area contributed by atoms with Gasteiger partial charge in [-0.25, -0.2) is 17.2 Å². The molecule has 0 aliphatic carbocycles. The molecule has 0 N–H and O–H groups in total. The van der Waals surface area contributed by atoms with E-state index in [0.717, 1.165) is 11.1 Å². The molecule has 1 fully saturated rings. The molecule has 4 rings (SSSR count). The quantitative estimate of drug-likeness (QED) is 0.617. The summed E-state index contributed by atoms with van der Waals surface area (Å²) in [6, 6.07) is 16.0. The largest absolute Gasteiger partial charge is 0.368 e. The molecule has 0 bridgehead atoms. The lowest BCUT2D eigenvalue weighted by molar-refractivity contribution is -0.201. The first kappa shape index (κ1) is 21.4. The van der Waals surface area contributed by atoms with E-state index in [4.69, 9.17) is 4.84 Å². The third kappa shape index (κ3) is 4.18. The van der Waals surface area contributed by atoms with E-state index in [0.29, 0.717) is 31.7 Å². The van der Waals surface area contributed by atoms with Crippen LogP contribution in [0.4, 0.5) is 5.69 Å². The maximum atomic E-state index is 13.1. The van der Waals surface area contributed by atoms with E-state index < -0.39 is 15.4 Å².